The van der Waals surface area contributed by atoms with Crippen molar-refractivity contribution in [2.45, 2.75) is 70.2 Å². The second-order valence-electron chi connectivity index (χ2n) is 7.01. The molecule has 110 valence electrons. The number of piperidine rings is 1. The molecule has 2 atom stereocenters. The molecule has 3 rings (SSSR count). The first-order chi connectivity index (χ1) is 9.38. The van der Waals surface area contributed by atoms with Gasteiger partial charge in [-0.05, 0) is 46.5 Å². The van der Waals surface area contributed by atoms with E-state index in [4.69, 9.17) is 0 Å². The lowest BCUT2D eigenvalue weighted by Crippen LogP contribution is -2.49. The van der Waals surface area contributed by atoms with Gasteiger partial charge in [0.1, 0.15) is 0 Å². The first kappa shape index (κ1) is 13.6. The Morgan fingerprint density at radius 1 is 1.25 bits per heavy atom. The van der Waals surface area contributed by atoms with Crippen LogP contribution in [-0.4, -0.2) is 32.8 Å². The van der Waals surface area contributed by atoms with Gasteiger partial charge in [-0.2, -0.15) is 0 Å². The minimum Gasteiger partial charge on any atom is -0.393 e. The van der Waals surface area contributed by atoms with Gasteiger partial charge < -0.3 is 14.6 Å². The lowest BCUT2D eigenvalue weighted by molar-refractivity contribution is 0.125. The highest BCUT2D eigenvalue weighted by molar-refractivity contribution is 5.42. The fourth-order valence-corrected chi connectivity index (χ4v) is 3.60. The van der Waals surface area contributed by atoms with Gasteiger partial charge >= 0.3 is 0 Å². The molecule has 2 aliphatic rings. The average molecular weight is 277 g/mol. The predicted molar refractivity (Wildman–Crippen MR) is 78.0 cm³/mol. The summed E-state index contributed by atoms with van der Waals surface area (Å²) in [6.07, 6.45) is 6.85. The van der Waals surface area contributed by atoms with E-state index in [-0.39, 0.29) is 29.3 Å². The summed E-state index contributed by atoms with van der Waals surface area (Å²) in [4.78, 5) is 19.2. The molecule has 5 heteroatoms. The van der Waals surface area contributed by atoms with Crippen LogP contribution in [-0.2, 0) is 5.54 Å². The molecule has 0 aliphatic carbocycles. The Balaban J connectivity index is 2.02. The zero-order valence-electron chi connectivity index (χ0n) is 12.4. The van der Waals surface area contributed by atoms with Crippen molar-refractivity contribution >= 4 is 5.82 Å². The van der Waals surface area contributed by atoms with Crippen LogP contribution in [0.2, 0.25) is 0 Å². The molecule has 5 nitrogen and oxygen atoms in total. The van der Waals surface area contributed by atoms with E-state index in [2.05, 4.69) is 9.88 Å². The largest absolute Gasteiger partial charge is 0.393 e. The zero-order chi connectivity index (χ0) is 14.5. The van der Waals surface area contributed by atoms with Gasteiger partial charge in [-0.25, -0.2) is 4.98 Å². The van der Waals surface area contributed by atoms with Crippen LogP contribution < -0.4 is 10.5 Å². The number of aromatic nitrogens is 2. The Hall–Kier alpha value is -1.36. The fraction of sp³-hybridized carbons (Fsp3) is 0.733. The second-order valence-corrected chi connectivity index (χ2v) is 7.01. The van der Waals surface area contributed by atoms with Gasteiger partial charge in [0, 0.05) is 30.0 Å². The van der Waals surface area contributed by atoms with Crippen molar-refractivity contribution in [2.75, 3.05) is 4.90 Å². The molecule has 0 saturated carbocycles. The van der Waals surface area contributed by atoms with Crippen LogP contribution in [0.5, 0.6) is 0 Å². The molecule has 2 fully saturated rings. The summed E-state index contributed by atoms with van der Waals surface area (Å²) < 4.78 is 1.75. The SMILES string of the molecule is CC(C)(C)n1ccnc(N2C3CCC2CC(O)C3)c1=O. The number of hydrogen-bond acceptors (Lipinski definition) is 4. The normalized spacial score (nSPS) is 29.8. The number of hydrogen-bond donors (Lipinski definition) is 1. The van der Waals surface area contributed by atoms with Gasteiger partial charge in [0.2, 0.25) is 0 Å². The summed E-state index contributed by atoms with van der Waals surface area (Å²) in [5.41, 5.74) is -0.267. The van der Waals surface area contributed by atoms with Gasteiger partial charge in [-0.1, -0.05) is 0 Å². The highest BCUT2D eigenvalue weighted by Gasteiger charge is 2.42. The fourth-order valence-electron chi connectivity index (χ4n) is 3.60. The van der Waals surface area contributed by atoms with E-state index >= 15 is 0 Å². The highest BCUT2D eigenvalue weighted by Crippen LogP contribution is 2.37. The van der Waals surface area contributed by atoms with Crippen LogP contribution in [0.1, 0.15) is 46.5 Å². The molecule has 2 unspecified atom stereocenters. The summed E-state index contributed by atoms with van der Waals surface area (Å²) in [5.74, 6) is 0.557. The maximum atomic E-state index is 12.7. The van der Waals surface area contributed by atoms with Crippen molar-refractivity contribution in [3.63, 3.8) is 0 Å². The van der Waals surface area contributed by atoms with Crippen molar-refractivity contribution in [2.24, 2.45) is 0 Å². The summed E-state index contributed by atoms with van der Waals surface area (Å²) in [6.45, 7) is 6.06. The van der Waals surface area contributed by atoms with Crippen molar-refractivity contribution in [1.29, 1.82) is 0 Å². The highest BCUT2D eigenvalue weighted by atomic mass is 16.3. The molecule has 2 saturated heterocycles. The molecule has 2 aliphatic heterocycles. The van der Waals surface area contributed by atoms with E-state index < -0.39 is 0 Å². The number of aliphatic hydroxyl groups excluding tert-OH is 1. The first-order valence-corrected chi connectivity index (χ1v) is 7.42. The van der Waals surface area contributed by atoms with Crippen LogP contribution in [0, 0.1) is 0 Å². The van der Waals surface area contributed by atoms with Crippen molar-refractivity contribution in [3.8, 4) is 0 Å². The smallest absolute Gasteiger partial charge is 0.294 e. The Bertz CT molecular complexity index is 547. The molecule has 3 heterocycles. The lowest BCUT2D eigenvalue weighted by atomic mass is 10.00. The predicted octanol–water partition coefficient (Wildman–Crippen LogP) is 1.49. The van der Waals surface area contributed by atoms with Gasteiger partial charge in [0.15, 0.2) is 5.82 Å². The molecule has 2 bridgehead atoms. The molecule has 20 heavy (non-hydrogen) atoms. The molecule has 0 aromatic carbocycles. The van der Waals surface area contributed by atoms with Crippen molar-refractivity contribution in [1.82, 2.24) is 9.55 Å². The Kier molecular flexibility index (Phi) is 3.12. The van der Waals surface area contributed by atoms with Crippen molar-refractivity contribution in [3.05, 3.63) is 22.7 Å². The Morgan fingerprint density at radius 3 is 2.40 bits per heavy atom. The van der Waals surface area contributed by atoms with Gasteiger partial charge in [0.25, 0.3) is 5.56 Å². The van der Waals surface area contributed by atoms with E-state index in [0.29, 0.717) is 5.82 Å². The third-order valence-corrected chi connectivity index (χ3v) is 4.50. The maximum absolute atomic E-state index is 12.7. The van der Waals surface area contributed by atoms with Gasteiger partial charge in [0.05, 0.1) is 6.10 Å². The van der Waals surface area contributed by atoms with Crippen LogP contribution in [0.4, 0.5) is 5.82 Å². The summed E-state index contributed by atoms with van der Waals surface area (Å²) in [7, 11) is 0. The molecular formula is C15H23N3O2. The maximum Gasteiger partial charge on any atom is 0.294 e. The average Bonchev–Trinajstić information content (AvgIpc) is 2.61. The standard InChI is InChI=1S/C15H23N3O2/c1-15(2,3)17-7-6-16-13(14(17)20)18-10-4-5-11(18)9-12(19)8-10/h6-7,10-12,19H,4-5,8-9H2,1-3H3. The molecular weight excluding hydrogens is 254 g/mol. The van der Waals surface area contributed by atoms with E-state index in [0.717, 1.165) is 25.7 Å². The number of fused-ring (bicyclic) bond motifs is 2. The minimum atomic E-state index is -0.247. The van der Waals surface area contributed by atoms with Crippen molar-refractivity contribution < 1.29 is 5.11 Å². The number of anilines is 1. The molecule has 1 aromatic rings. The first-order valence-electron chi connectivity index (χ1n) is 7.42. The zero-order valence-corrected chi connectivity index (χ0v) is 12.4. The summed E-state index contributed by atoms with van der Waals surface area (Å²) in [5, 5.41) is 9.88. The Morgan fingerprint density at radius 2 is 1.85 bits per heavy atom. The minimum absolute atomic E-state index is 0.0201. The van der Waals surface area contributed by atoms with Gasteiger partial charge in [-0.15, -0.1) is 0 Å². The van der Waals surface area contributed by atoms with Gasteiger partial charge in [-0.3, -0.25) is 4.79 Å². The second kappa shape index (κ2) is 4.58. The van der Waals surface area contributed by atoms with Crippen LogP contribution in [0.25, 0.3) is 0 Å². The third-order valence-electron chi connectivity index (χ3n) is 4.50. The molecule has 1 N–H and O–H groups in total. The molecule has 0 radical (unpaired) electrons. The third kappa shape index (κ3) is 2.14. The number of nitrogens with zero attached hydrogens (tertiary/aromatic N) is 3. The molecule has 0 amide bonds. The van der Waals surface area contributed by atoms with E-state index in [1.165, 1.54) is 0 Å². The van der Waals surface area contributed by atoms with Crippen LogP contribution in [0.3, 0.4) is 0 Å². The lowest BCUT2D eigenvalue weighted by Gasteiger charge is -2.38. The molecule has 0 spiro atoms. The van der Waals surface area contributed by atoms with E-state index in [1.54, 1.807) is 17.0 Å². The van der Waals surface area contributed by atoms with E-state index in [1.807, 2.05) is 20.8 Å². The quantitative estimate of drug-likeness (QED) is 0.845. The molecule has 1 aromatic heterocycles. The topological polar surface area (TPSA) is 58.4 Å². The number of aliphatic hydroxyl groups is 1. The monoisotopic (exact) mass is 277 g/mol. The van der Waals surface area contributed by atoms with Crippen LogP contribution >= 0.6 is 0 Å². The van der Waals surface area contributed by atoms with Crippen LogP contribution in [0.15, 0.2) is 17.2 Å². The summed E-state index contributed by atoms with van der Waals surface area (Å²) in [6, 6.07) is 0.527. The van der Waals surface area contributed by atoms with E-state index in [9.17, 15) is 9.90 Å². The summed E-state index contributed by atoms with van der Waals surface area (Å²) >= 11 is 0. The number of rotatable bonds is 1. The Labute approximate surface area is 119 Å².